The molecular formula is C15H15Cl2N3O2. The highest BCUT2D eigenvalue weighted by Crippen LogP contribution is 2.26. The molecule has 0 atom stereocenters. The van der Waals surface area contributed by atoms with Crippen LogP contribution in [0.25, 0.3) is 0 Å². The Bertz CT molecular complexity index is 774. The molecule has 0 unspecified atom stereocenters. The number of amides is 1. The molecule has 22 heavy (non-hydrogen) atoms. The fourth-order valence-electron chi connectivity index (χ4n) is 2.76. The summed E-state index contributed by atoms with van der Waals surface area (Å²) in [6.07, 6.45) is 0.722. The number of halogens is 2. The zero-order valence-electron chi connectivity index (χ0n) is 12.0. The maximum Gasteiger partial charge on any atom is 0.267 e. The van der Waals surface area contributed by atoms with Crippen LogP contribution in [0.3, 0.4) is 0 Å². The lowest BCUT2D eigenvalue weighted by molar-refractivity contribution is -0.131. The molecule has 1 aromatic heterocycles. The molecule has 5 nitrogen and oxygen atoms in total. The minimum absolute atomic E-state index is 0.0469. The molecule has 1 aromatic carbocycles. The zero-order chi connectivity index (χ0) is 15.9. The van der Waals surface area contributed by atoms with E-state index in [1.807, 2.05) is 0 Å². The van der Waals surface area contributed by atoms with Crippen molar-refractivity contribution in [1.29, 1.82) is 0 Å². The fourth-order valence-corrected chi connectivity index (χ4v) is 3.29. The van der Waals surface area contributed by atoms with Gasteiger partial charge in [-0.15, -0.1) is 0 Å². The Morgan fingerprint density at radius 2 is 2.00 bits per heavy atom. The van der Waals surface area contributed by atoms with E-state index in [4.69, 9.17) is 23.2 Å². The second kappa shape index (κ2) is 5.82. The van der Waals surface area contributed by atoms with Crippen molar-refractivity contribution >= 4 is 29.1 Å². The second-order valence-corrected chi connectivity index (χ2v) is 6.18. The Hall–Kier alpha value is -1.72. The summed E-state index contributed by atoms with van der Waals surface area (Å²) in [7, 11) is 1.78. The van der Waals surface area contributed by atoms with Crippen molar-refractivity contribution in [1.82, 2.24) is 14.7 Å². The summed E-state index contributed by atoms with van der Waals surface area (Å²) < 4.78 is 1.68. The third-order valence-corrected chi connectivity index (χ3v) is 4.72. The molecule has 1 amide bonds. The van der Waals surface area contributed by atoms with Gasteiger partial charge in [-0.2, -0.15) is 0 Å². The van der Waals surface area contributed by atoms with Crippen LogP contribution in [0.5, 0.6) is 0 Å². The number of carbonyl (C=O) groups excluding carboxylic acids is 1. The molecule has 0 radical (unpaired) electrons. The normalized spacial score (nSPS) is 14.0. The molecule has 0 saturated carbocycles. The van der Waals surface area contributed by atoms with Crippen LogP contribution in [0, 0.1) is 0 Å². The van der Waals surface area contributed by atoms with Gasteiger partial charge in [-0.25, -0.2) is 0 Å². The van der Waals surface area contributed by atoms with Crippen LogP contribution in [0.1, 0.15) is 16.8 Å². The number of hydrogen-bond acceptors (Lipinski definition) is 2. The number of aryl methyl sites for hydroxylation is 1. The number of H-pyrrole nitrogens is 1. The molecule has 0 spiro atoms. The predicted octanol–water partition coefficient (Wildman–Crippen LogP) is 2.15. The average molecular weight is 340 g/mol. The highest BCUT2D eigenvalue weighted by molar-refractivity contribution is 6.36. The molecule has 116 valence electrons. The van der Waals surface area contributed by atoms with E-state index in [1.165, 1.54) is 0 Å². The lowest BCUT2D eigenvalue weighted by Gasteiger charge is -2.27. The van der Waals surface area contributed by atoms with E-state index in [1.54, 1.807) is 34.8 Å². The Kier molecular flexibility index (Phi) is 4.02. The summed E-state index contributed by atoms with van der Waals surface area (Å²) >= 11 is 12.2. The van der Waals surface area contributed by atoms with E-state index >= 15 is 0 Å². The lowest BCUT2D eigenvalue weighted by Crippen LogP contribution is -2.38. The number of benzene rings is 1. The number of nitrogens with one attached hydrogen (secondary N) is 1. The molecule has 1 aliphatic heterocycles. The summed E-state index contributed by atoms with van der Waals surface area (Å²) in [5.41, 5.74) is 2.19. The smallest absolute Gasteiger partial charge is 0.267 e. The van der Waals surface area contributed by atoms with Gasteiger partial charge < -0.3 is 4.90 Å². The van der Waals surface area contributed by atoms with Crippen molar-refractivity contribution in [2.24, 2.45) is 7.05 Å². The molecule has 0 aliphatic carbocycles. The summed E-state index contributed by atoms with van der Waals surface area (Å²) in [6, 6.07) is 5.20. The first-order valence-electron chi connectivity index (χ1n) is 6.94. The van der Waals surface area contributed by atoms with Gasteiger partial charge in [-0.05, 0) is 24.1 Å². The van der Waals surface area contributed by atoms with Crippen molar-refractivity contribution in [3.05, 3.63) is 55.4 Å². The standard InChI is InChI=1S/C15H15Cl2N3O2/c1-19-13-8-20(6-5-9(13)15(22)18-19)14(21)7-10-11(16)3-2-4-12(10)17/h2-4H,5-8H2,1H3,(H,18,22). The van der Waals surface area contributed by atoms with Gasteiger partial charge in [0.05, 0.1) is 18.7 Å². The Labute approximate surface area is 137 Å². The van der Waals surface area contributed by atoms with Gasteiger partial charge in [-0.1, -0.05) is 29.3 Å². The molecule has 1 aliphatic rings. The first-order valence-corrected chi connectivity index (χ1v) is 7.70. The molecule has 1 N–H and O–H groups in total. The third kappa shape index (κ3) is 2.66. The molecule has 2 heterocycles. The fraction of sp³-hybridized carbons (Fsp3) is 0.333. The van der Waals surface area contributed by atoms with Gasteiger partial charge in [0, 0.05) is 29.2 Å². The minimum Gasteiger partial charge on any atom is -0.336 e. The quantitative estimate of drug-likeness (QED) is 0.911. The number of carbonyl (C=O) groups is 1. The first kappa shape index (κ1) is 15.2. The van der Waals surface area contributed by atoms with Gasteiger partial charge in [0.15, 0.2) is 0 Å². The molecule has 7 heteroatoms. The van der Waals surface area contributed by atoms with Crippen molar-refractivity contribution in [3.8, 4) is 0 Å². The molecule has 0 fully saturated rings. The largest absolute Gasteiger partial charge is 0.336 e. The monoisotopic (exact) mass is 339 g/mol. The SMILES string of the molecule is Cn1[nH]c(=O)c2c1CN(C(=O)Cc1c(Cl)cccc1Cl)CC2. The number of aromatic amines is 1. The van der Waals surface area contributed by atoms with Gasteiger partial charge in [0.1, 0.15) is 0 Å². The van der Waals surface area contributed by atoms with Crippen molar-refractivity contribution in [2.45, 2.75) is 19.4 Å². The van der Waals surface area contributed by atoms with Gasteiger partial charge >= 0.3 is 0 Å². The lowest BCUT2D eigenvalue weighted by atomic mass is 10.1. The number of rotatable bonds is 2. The Balaban J connectivity index is 1.80. The van der Waals surface area contributed by atoms with Crippen LogP contribution in [0.15, 0.2) is 23.0 Å². The maximum atomic E-state index is 12.5. The van der Waals surface area contributed by atoms with E-state index in [2.05, 4.69) is 5.10 Å². The minimum atomic E-state index is -0.0706. The molecule has 2 aromatic rings. The highest BCUT2D eigenvalue weighted by Gasteiger charge is 2.26. The van der Waals surface area contributed by atoms with Crippen LogP contribution < -0.4 is 5.56 Å². The van der Waals surface area contributed by atoms with E-state index in [0.29, 0.717) is 35.1 Å². The van der Waals surface area contributed by atoms with Crippen LogP contribution in [0.4, 0.5) is 0 Å². The second-order valence-electron chi connectivity index (χ2n) is 5.37. The third-order valence-electron chi connectivity index (χ3n) is 4.01. The van der Waals surface area contributed by atoms with Crippen molar-refractivity contribution < 1.29 is 4.79 Å². The first-order chi connectivity index (χ1) is 10.5. The average Bonchev–Trinajstić information content (AvgIpc) is 2.77. The topological polar surface area (TPSA) is 58.1 Å². The Morgan fingerprint density at radius 1 is 1.32 bits per heavy atom. The van der Waals surface area contributed by atoms with Gasteiger partial charge in [0.25, 0.3) is 5.56 Å². The van der Waals surface area contributed by atoms with Crippen LogP contribution in [0.2, 0.25) is 10.0 Å². The van der Waals surface area contributed by atoms with E-state index in [-0.39, 0.29) is 17.9 Å². The summed E-state index contributed by atoms with van der Waals surface area (Å²) in [6.45, 7) is 0.951. The van der Waals surface area contributed by atoms with Crippen LogP contribution in [-0.2, 0) is 31.2 Å². The summed E-state index contributed by atoms with van der Waals surface area (Å²) in [5, 5.41) is 3.71. The maximum absolute atomic E-state index is 12.5. The van der Waals surface area contributed by atoms with Gasteiger partial charge in [-0.3, -0.25) is 19.4 Å². The summed E-state index contributed by atoms with van der Waals surface area (Å²) in [4.78, 5) is 26.0. The van der Waals surface area contributed by atoms with Crippen LogP contribution in [-0.4, -0.2) is 27.1 Å². The molecule has 0 saturated heterocycles. The highest BCUT2D eigenvalue weighted by atomic mass is 35.5. The predicted molar refractivity (Wildman–Crippen MR) is 85.3 cm³/mol. The molecule has 3 rings (SSSR count). The summed E-state index contributed by atoms with van der Waals surface area (Å²) in [5.74, 6) is -0.0469. The zero-order valence-corrected chi connectivity index (χ0v) is 13.5. The number of fused-ring (bicyclic) bond motifs is 1. The number of nitrogens with zero attached hydrogens (tertiary/aromatic N) is 2. The van der Waals surface area contributed by atoms with Crippen molar-refractivity contribution in [3.63, 3.8) is 0 Å². The Morgan fingerprint density at radius 3 is 2.68 bits per heavy atom. The molecule has 0 bridgehead atoms. The number of hydrogen-bond donors (Lipinski definition) is 1. The van der Waals surface area contributed by atoms with Crippen LogP contribution >= 0.6 is 23.2 Å². The van der Waals surface area contributed by atoms with E-state index in [9.17, 15) is 9.59 Å². The van der Waals surface area contributed by atoms with E-state index in [0.717, 1.165) is 11.3 Å². The number of aromatic nitrogens is 2. The van der Waals surface area contributed by atoms with Gasteiger partial charge in [0.2, 0.25) is 5.91 Å². The van der Waals surface area contributed by atoms with Crippen molar-refractivity contribution in [2.75, 3.05) is 6.54 Å². The van der Waals surface area contributed by atoms with E-state index < -0.39 is 0 Å². The molecular weight excluding hydrogens is 325 g/mol.